The van der Waals surface area contributed by atoms with Gasteiger partial charge in [-0.15, -0.1) is 0 Å². The summed E-state index contributed by atoms with van der Waals surface area (Å²) in [6.07, 6.45) is 0. The third-order valence-electron chi connectivity index (χ3n) is 7.13. The molecule has 1 N–H and O–H groups in total. The Balaban J connectivity index is 1.63. The number of imide groups is 1. The number of carbonyl (C=O) groups excluding carboxylic acids is 2. The molecule has 0 radical (unpaired) electrons. The summed E-state index contributed by atoms with van der Waals surface area (Å²) < 4.78 is 1.04. The molecule has 2 amide bonds. The highest BCUT2D eigenvalue weighted by Crippen LogP contribution is 2.64. The fourth-order valence-corrected chi connectivity index (χ4v) is 6.40. The number of nitrogens with zero attached hydrogens (tertiary/aromatic N) is 1. The van der Waals surface area contributed by atoms with Crippen LogP contribution in [0.4, 0.5) is 5.69 Å². The minimum Gasteiger partial charge on any atom is -0.395 e. The Labute approximate surface area is 187 Å². The van der Waals surface area contributed by atoms with E-state index in [4.69, 9.17) is 0 Å². The molecule has 1 fully saturated rings. The standard InChI is InChI=1S/C25H18INO3/c26-14-9-11-15(12-10-14)27-23(29)21-20-16-5-1-3-7-18(16)25(13-28,22(21)24(27)30)19-8-4-2-6-17(19)20/h1-12,20-22,28H,13H2/t20?,21-,22-,25?/m1/s1. The van der Waals surface area contributed by atoms with Gasteiger partial charge < -0.3 is 5.11 Å². The molecule has 148 valence electrons. The number of halogens is 1. The zero-order valence-electron chi connectivity index (χ0n) is 16.0. The van der Waals surface area contributed by atoms with E-state index >= 15 is 0 Å². The van der Waals surface area contributed by atoms with Crippen LogP contribution in [0.1, 0.15) is 28.2 Å². The minimum absolute atomic E-state index is 0.168. The van der Waals surface area contributed by atoms with Gasteiger partial charge in [0.1, 0.15) is 0 Å². The van der Waals surface area contributed by atoms with E-state index in [1.807, 2.05) is 72.8 Å². The Hall–Kier alpha value is -2.51. The summed E-state index contributed by atoms with van der Waals surface area (Å²) in [6, 6.07) is 23.4. The maximum absolute atomic E-state index is 13.8. The Morgan fingerprint density at radius 2 is 1.40 bits per heavy atom. The molecule has 1 saturated heterocycles. The minimum atomic E-state index is -0.905. The van der Waals surface area contributed by atoms with E-state index in [0.29, 0.717) is 5.69 Å². The van der Waals surface area contributed by atoms with Crippen molar-refractivity contribution in [1.82, 2.24) is 0 Å². The molecule has 4 aliphatic rings. The second-order valence-corrected chi connectivity index (χ2v) is 9.52. The number of aliphatic hydroxyl groups is 1. The average Bonchev–Trinajstić information content (AvgIpc) is 3.05. The molecule has 0 spiro atoms. The largest absolute Gasteiger partial charge is 0.395 e. The van der Waals surface area contributed by atoms with Gasteiger partial charge in [-0.05, 0) is 69.1 Å². The van der Waals surface area contributed by atoms with Crippen LogP contribution in [0.5, 0.6) is 0 Å². The van der Waals surface area contributed by atoms with Gasteiger partial charge in [0.2, 0.25) is 11.8 Å². The summed E-state index contributed by atoms with van der Waals surface area (Å²) >= 11 is 2.21. The van der Waals surface area contributed by atoms with Crippen LogP contribution in [-0.2, 0) is 15.0 Å². The van der Waals surface area contributed by atoms with Crippen LogP contribution in [0, 0.1) is 15.4 Å². The average molecular weight is 507 g/mol. The maximum atomic E-state index is 13.8. The van der Waals surface area contributed by atoms with Gasteiger partial charge in [0.05, 0.1) is 29.5 Å². The first-order valence-electron chi connectivity index (χ1n) is 10.0. The van der Waals surface area contributed by atoms with Crippen LogP contribution in [-0.4, -0.2) is 23.5 Å². The number of anilines is 1. The predicted octanol–water partition coefficient (Wildman–Crippen LogP) is 3.83. The van der Waals surface area contributed by atoms with E-state index in [1.165, 1.54) is 4.90 Å². The van der Waals surface area contributed by atoms with Crippen LogP contribution in [0.3, 0.4) is 0 Å². The highest BCUT2D eigenvalue weighted by Gasteiger charge is 2.68. The van der Waals surface area contributed by atoms with Crippen molar-refractivity contribution >= 4 is 40.1 Å². The first-order valence-corrected chi connectivity index (χ1v) is 11.1. The van der Waals surface area contributed by atoms with Crippen molar-refractivity contribution in [3.8, 4) is 0 Å². The van der Waals surface area contributed by atoms with Gasteiger partial charge in [0.25, 0.3) is 0 Å². The fraction of sp³-hybridized carbons (Fsp3) is 0.200. The van der Waals surface area contributed by atoms with Gasteiger partial charge in [0, 0.05) is 9.49 Å². The molecule has 3 aromatic carbocycles. The van der Waals surface area contributed by atoms with Gasteiger partial charge in [-0.3, -0.25) is 9.59 Å². The highest BCUT2D eigenvalue weighted by atomic mass is 127. The van der Waals surface area contributed by atoms with Crippen molar-refractivity contribution in [1.29, 1.82) is 0 Å². The van der Waals surface area contributed by atoms with Crippen LogP contribution < -0.4 is 4.90 Å². The number of benzene rings is 3. The topological polar surface area (TPSA) is 57.6 Å². The van der Waals surface area contributed by atoms with Gasteiger partial charge in [-0.2, -0.15) is 0 Å². The summed E-state index contributed by atoms with van der Waals surface area (Å²) in [4.78, 5) is 28.9. The van der Waals surface area contributed by atoms with E-state index in [1.54, 1.807) is 0 Å². The number of hydrogen-bond donors (Lipinski definition) is 1. The molecule has 0 unspecified atom stereocenters. The Bertz CT molecular complexity index is 1170. The zero-order chi connectivity index (χ0) is 20.6. The molecular weight excluding hydrogens is 489 g/mol. The van der Waals surface area contributed by atoms with E-state index in [2.05, 4.69) is 22.6 Å². The lowest BCUT2D eigenvalue weighted by atomic mass is 9.47. The number of amides is 2. The van der Waals surface area contributed by atoms with Gasteiger partial charge >= 0.3 is 0 Å². The van der Waals surface area contributed by atoms with E-state index in [-0.39, 0.29) is 24.3 Å². The molecule has 0 aromatic heterocycles. The molecule has 1 aliphatic heterocycles. The van der Waals surface area contributed by atoms with E-state index in [9.17, 15) is 14.7 Å². The third kappa shape index (κ3) is 2.04. The molecule has 0 saturated carbocycles. The number of hydrogen-bond acceptors (Lipinski definition) is 3. The molecule has 2 atom stereocenters. The third-order valence-corrected chi connectivity index (χ3v) is 7.85. The predicted molar refractivity (Wildman–Crippen MR) is 121 cm³/mol. The zero-order valence-corrected chi connectivity index (χ0v) is 18.1. The van der Waals surface area contributed by atoms with E-state index in [0.717, 1.165) is 25.8 Å². The molecule has 5 heteroatoms. The lowest BCUT2D eigenvalue weighted by molar-refractivity contribution is -0.124. The first kappa shape index (κ1) is 18.3. The molecular formula is C25H18INO3. The second kappa shape index (κ2) is 6.25. The monoisotopic (exact) mass is 507 g/mol. The van der Waals surface area contributed by atoms with Crippen molar-refractivity contribution in [2.75, 3.05) is 11.5 Å². The summed E-state index contributed by atoms with van der Waals surface area (Å²) in [5.74, 6) is -1.67. The molecule has 3 aromatic rings. The number of aliphatic hydroxyl groups excluding tert-OH is 1. The molecule has 7 rings (SSSR count). The van der Waals surface area contributed by atoms with Gasteiger partial charge in [-0.25, -0.2) is 4.90 Å². The van der Waals surface area contributed by atoms with Crippen molar-refractivity contribution < 1.29 is 14.7 Å². The Morgan fingerprint density at radius 3 is 1.97 bits per heavy atom. The SMILES string of the molecule is O=C1[C@@H]2C3c4ccccc4C(CO)(c4ccccc43)[C@H]2C(=O)N1c1ccc(I)cc1. The second-order valence-electron chi connectivity index (χ2n) is 8.27. The molecule has 2 bridgehead atoms. The Morgan fingerprint density at radius 1 is 0.833 bits per heavy atom. The van der Waals surface area contributed by atoms with Crippen LogP contribution in [0.15, 0.2) is 72.8 Å². The van der Waals surface area contributed by atoms with Gasteiger partial charge in [-0.1, -0.05) is 48.5 Å². The lowest BCUT2D eigenvalue weighted by Crippen LogP contribution is -2.55. The van der Waals surface area contributed by atoms with Crippen molar-refractivity contribution in [3.05, 3.63) is 98.6 Å². The maximum Gasteiger partial charge on any atom is 0.239 e. The van der Waals surface area contributed by atoms with Crippen molar-refractivity contribution in [2.24, 2.45) is 11.8 Å². The lowest BCUT2D eigenvalue weighted by Gasteiger charge is -2.53. The van der Waals surface area contributed by atoms with Crippen LogP contribution in [0.2, 0.25) is 0 Å². The molecule has 1 heterocycles. The van der Waals surface area contributed by atoms with Crippen LogP contribution >= 0.6 is 22.6 Å². The summed E-state index contributed by atoms with van der Waals surface area (Å²) in [5.41, 5.74) is 3.75. The molecule has 30 heavy (non-hydrogen) atoms. The van der Waals surface area contributed by atoms with Gasteiger partial charge in [0.15, 0.2) is 0 Å². The number of carbonyl (C=O) groups is 2. The first-order chi connectivity index (χ1) is 14.6. The smallest absolute Gasteiger partial charge is 0.239 e. The van der Waals surface area contributed by atoms with Crippen molar-refractivity contribution in [2.45, 2.75) is 11.3 Å². The quantitative estimate of drug-likeness (QED) is 0.424. The van der Waals surface area contributed by atoms with Crippen LogP contribution in [0.25, 0.3) is 0 Å². The summed E-state index contributed by atoms with van der Waals surface area (Å²) in [6.45, 7) is -0.214. The highest BCUT2D eigenvalue weighted by molar-refractivity contribution is 14.1. The normalized spacial score (nSPS) is 28.3. The number of rotatable bonds is 2. The van der Waals surface area contributed by atoms with E-state index < -0.39 is 17.3 Å². The fourth-order valence-electron chi connectivity index (χ4n) is 6.04. The van der Waals surface area contributed by atoms with Crippen molar-refractivity contribution in [3.63, 3.8) is 0 Å². The summed E-state index contributed by atoms with van der Waals surface area (Å²) in [5, 5.41) is 10.8. The summed E-state index contributed by atoms with van der Waals surface area (Å²) in [7, 11) is 0. The molecule has 4 nitrogen and oxygen atoms in total. The Kier molecular flexibility index (Phi) is 3.81. The molecule has 3 aliphatic carbocycles.